The Balaban J connectivity index is 1.54. The number of ether oxygens (including phenoxy) is 1. The molecule has 5 nitrogen and oxygen atoms in total. The summed E-state index contributed by atoms with van der Waals surface area (Å²) in [6.07, 6.45) is -4.58. The molecular weight excluding hydrogens is 488 g/mol. The highest BCUT2D eigenvalue weighted by atomic mass is 35.5. The van der Waals surface area contributed by atoms with Gasteiger partial charge in [-0.2, -0.15) is 13.2 Å². The molecule has 4 rings (SSSR count). The normalized spacial score (nSPS) is 23.2. The topological polar surface area (TPSA) is 59.9 Å². The van der Waals surface area contributed by atoms with Gasteiger partial charge in [0, 0.05) is 27.1 Å². The standard InChI is InChI=1S/C21H19Cl2F3N2O3S/c1-11-4-17(32-18(11)9-27-19(29)12-2-3-30-10-12)16-8-20(31-28-16,21(24,25)26)13-5-14(22)7-15(23)6-13/h4-7,12H,2-3,8-10H2,1H3,(H,27,29). The Morgan fingerprint density at radius 2 is 2.00 bits per heavy atom. The third kappa shape index (κ3) is 4.48. The molecular formula is C21H19Cl2F3N2O3S. The van der Waals surface area contributed by atoms with Crippen molar-refractivity contribution in [1.29, 1.82) is 0 Å². The van der Waals surface area contributed by atoms with E-state index in [9.17, 15) is 18.0 Å². The van der Waals surface area contributed by atoms with Crippen LogP contribution in [-0.4, -0.2) is 31.0 Å². The van der Waals surface area contributed by atoms with Crippen LogP contribution in [0, 0.1) is 12.8 Å². The number of thiophene rings is 1. The van der Waals surface area contributed by atoms with Crippen LogP contribution in [0.15, 0.2) is 29.4 Å². The van der Waals surface area contributed by atoms with E-state index in [1.807, 2.05) is 6.92 Å². The number of rotatable bonds is 5. The van der Waals surface area contributed by atoms with Gasteiger partial charge in [-0.15, -0.1) is 11.3 Å². The molecule has 1 aromatic heterocycles. The van der Waals surface area contributed by atoms with Crippen LogP contribution >= 0.6 is 34.5 Å². The molecule has 0 spiro atoms. The Morgan fingerprint density at radius 3 is 2.62 bits per heavy atom. The molecule has 1 fully saturated rings. The van der Waals surface area contributed by atoms with E-state index in [2.05, 4.69) is 10.5 Å². The molecule has 1 amide bonds. The first kappa shape index (κ1) is 23.4. The number of amides is 1. The zero-order valence-corrected chi connectivity index (χ0v) is 19.2. The third-order valence-corrected chi connectivity index (χ3v) is 7.27. The lowest BCUT2D eigenvalue weighted by Crippen LogP contribution is -2.42. The molecule has 32 heavy (non-hydrogen) atoms. The first-order valence-electron chi connectivity index (χ1n) is 9.82. The van der Waals surface area contributed by atoms with Crippen molar-refractivity contribution in [3.63, 3.8) is 0 Å². The van der Waals surface area contributed by atoms with Gasteiger partial charge in [0.15, 0.2) is 0 Å². The molecule has 172 valence electrons. The third-order valence-electron chi connectivity index (χ3n) is 5.54. The largest absolute Gasteiger partial charge is 0.435 e. The highest BCUT2D eigenvalue weighted by Crippen LogP contribution is 2.50. The molecule has 3 heterocycles. The molecule has 1 aromatic carbocycles. The zero-order chi connectivity index (χ0) is 23.1. The number of alkyl halides is 3. The Morgan fingerprint density at radius 1 is 1.28 bits per heavy atom. The number of hydrogen-bond donors (Lipinski definition) is 1. The molecule has 2 atom stereocenters. The molecule has 0 aliphatic carbocycles. The molecule has 0 saturated carbocycles. The number of hydrogen-bond acceptors (Lipinski definition) is 5. The number of oxime groups is 1. The molecule has 2 aromatic rings. The maximum Gasteiger partial charge on any atom is 0.435 e. The van der Waals surface area contributed by atoms with Crippen LogP contribution in [0.2, 0.25) is 10.0 Å². The maximum atomic E-state index is 14.2. The minimum absolute atomic E-state index is 0.0748. The van der Waals surface area contributed by atoms with E-state index in [1.54, 1.807) is 6.07 Å². The summed E-state index contributed by atoms with van der Waals surface area (Å²) in [4.78, 5) is 18.7. The molecule has 1 saturated heterocycles. The minimum Gasteiger partial charge on any atom is -0.381 e. The number of halogens is 5. The van der Waals surface area contributed by atoms with Crippen molar-refractivity contribution >= 4 is 46.2 Å². The summed E-state index contributed by atoms with van der Waals surface area (Å²) in [6, 6.07) is 5.48. The fourth-order valence-electron chi connectivity index (χ4n) is 3.71. The fraction of sp³-hybridized carbons (Fsp3) is 0.429. The summed E-state index contributed by atoms with van der Waals surface area (Å²) in [5.74, 6) is -0.258. The van der Waals surface area contributed by atoms with Gasteiger partial charge in [0.05, 0.1) is 30.4 Å². The smallest absolute Gasteiger partial charge is 0.381 e. The second-order valence-corrected chi connectivity index (χ2v) is 9.79. The van der Waals surface area contributed by atoms with Crippen molar-refractivity contribution in [2.45, 2.75) is 38.1 Å². The molecule has 2 aliphatic heterocycles. The van der Waals surface area contributed by atoms with Gasteiger partial charge in [0.25, 0.3) is 5.60 Å². The van der Waals surface area contributed by atoms with Gasteiger partial charge >= 0.3 is 6.18 Å². The molecule has 2 unspecified atom stereocenters. The van der Waals surface area contributed by atoms with Crippen molar-refractivity contribution in [2.75, 3.05) is 13.2 Å². The van der Waals surface area contributed by atoms with Crippen LogP contribution in [0.25, 0.3) is 0 Å². The van der Waals surface area contributed by atoms with Crippen LogP contribution in [0.3, 0.4) is 0 Å². The van der Waals surface area contributed by atoms with E-state index < -0.39 is 18.2 Å². The number of nitrogens with zero attached hydrogens (tertiary/aromatic N) is 1. The second kappa shape index (κ2) is 8.85. The van der Waals surface area contributed by atoms with Crippen molar-refractivity contribution in [3.05, 3.63) is 55.2 Å². The van der Waals surface area contributed by atoms with Crippen molar-refractivity contribution < 1.29 is 27.5 Å². The Kier molecular flexibility index (Phi) is 6.46. The number of nitrogens with one attached hydrogen (secondary N) is 1. The van der Waals surface area contributed by atoms with Crippen LogP contribution in [0.4, 0.5) is 13.2 Å². The predicted octanol–water partition coefficient (Wildman–Crippen LogP) is 5.60. The van der Waals surface area contributed by atoms with E-state index in [0.717, 1.165) is 10.4 Å². The van der Waals surface area contributed by atoms with Gasteiger partial charge in [-0.3, -0.25) is 4.79 Å². The van der Waals surface area contributed by atoms with E-state index in [0.29, 0.717) is 24.5 Å². The number of benzene rings is 1. The van der Waals surface area contributed by atoms with Gasteiger partial charge in [-0.25, -0.2) is 0 Å². The Hall–Kier alpha value is -1.81. The monoisotopic (exact) mass is 506 g/mol. The first-order valence-corrected chi connectivity index (χ1v) is 11.4. The fourth-order valence-corrected chi connectivity index (χ4v) is 5.33. The molecule has 1 N–H and O–H groups in total. The van der Waals surface area contributed by atoms with E-state index in [-0.39, 0.29) is 39.7 Å². The highest BCUT2D eigenvalue weighted by Gasteiger charge is 2.62. The van der Waals surface area contributed by atoms with Crippen LogP contribution in [0.5, 0.6) is 0 Å². The number of aryl methyl sites for hydroxylation is 1. The van der Waals surface area contributed by atoms with E-state index in [1.165, 1.54) is 29.5 Å². The lowest BCUT2D eigenvalue weighted by Gasteiger charge is -2.29. The van der Waals surface area contributed by atoms with E-state index >= 15 is 0 Å². The SMILES string of the molecule is Cc1cc(C2=NOC(c3cc(Cl)cc(Cl)c3)(C(F)(F)F)C2)sc1CNC(=O)C1CCOC1. The van der Waals surface area contributed by atoms with Crippen LogP contribution in [0.1, 0.15) is 33.7 Å². The lowest BCUT2D eigenvalue weighted by molar-refractivity contribution is -0.275. The van der Waals surface area contributed by atoms with Gasteiger partial charge < -0.3 is 14.9 Å². The van der Waals surface area contributed by atoms with E-state index in [4.69, 9.17) is 32.8 Å². The molecule has 0 radical (unpaired) electrons. The van der Waals surface area contributed by atoms with Gasteiger partial charge in [-0.05, 0) is 43.2 Å². The molecule has 0 bridgehead atoms. The minimum atomic E-state index is -4.75. The average molecular weight is 507 g/mol. The quantitative estimate of drug-likeness (QED) is 0.574. The van der Waals surface area contributed by atoms with Gasteiger partial charge in [-0.1, -0.05) is 28.4 Å². The summed E-state index contributed by atoms with van der Waals surface area (Å²) in [5.41, 5.74) is -1.86. The number of carbonyl (C=O) groups excluding carboxylic acids is 1. The summed E-state index contributed by atoms with van der Waals surface area (Å²) in [5, 5.41) is 6.82. The van der Waals surface area contributed by atoms with Gasteiger partial charge in [0.2, 0.25) is 5.91 Å². The molecule has 11 heteroatoms. The number of carbonyl (C=O) groups is 1. The zero-order valence-electron chi connectivity index (χ0n) is 16.9. The summed E-state index contributed by atoms with van der Waals surface area (Å²) in [7, 11) is 0. The van der Waals surface area contributed by atoms with Crippen LogP contribution < -0.4 is 5.32 Å². The van der Waals surface area contributed by atoms with Crippen molar-refractivity contribution in [1.82, 2.24) is 5.32 Å². The lowest BCUT2D eigenvalue weighted by atomic mass is 9.88. The van der Waals surface area contributed by atoms with Crippen LogP contribution in [-0.2, 0) is 26.5 Å². The first-order chi connectivity index (χ1) is 15.1. The summed E-state index contributed by atoms with van der Waals surface area (Å²) >= 11 is 13.2. The highest BCUT2D eigenvalue weighted by molar-refractivity contribution is 7.14. The maximum absolute atomic E-state index is 14.2. The summed E-state index contributed by atoms with van der Waals surface area (Å²) < 4.78 is 47.7. The average Bonchev–Trinajstić information content (AvgIpc) is 3.45. The van der Waals surface area contributed by atoms with Gasteiger partial charge in [0.1, 0.15) is 5.71 Å². The Bertz CT molecular complexity index is 1050. The Labute approximate surface area is 196 Å². The predicted molar refractivity (Wildman–Crippen MR) is 116 cm³/mol. The summed E-state index contributed by atoms with van der Waals surface area (Å²) in [6.45, 7) is 3.10. The molecule has 2 aliphatic rings. The van der Waals surface area contributed by atoms with Crippen molar-refractivity contribution in [2.24, 2.45) is 11.1 Å². The van der Waals surface area contributed by atoms with Crippen molar-refractivity contribution in [3.8, 4) is 0 Å². The second-order valence-electron chi connectivity index (χ2n) is 7.78.